The van der Waals surface area contributed by atoms with Gasteiger partial charge in [0, 0.05) is 33.4 Å². The molecule has 4 aromatic rings. The molecule has 0 unspecified atom stereocenters. The lowest BCUT2D eigenvalue weighted by Crippen LogP contribution is -2.22. The van der Waals surface area contributed by atoms with Gasteiger partial charge in [-0.2, -0.15) is 0 Å². The van der Waals surface area contributed by atoms with Gasteiger partial charge in [0.1, 0.15) is 17.1 Å². The van der Waals surface area contributed by atoms with E-state index in [9.17, 15) is 14.4 Å². The Morgan fingerprint density at radius 3 is 1.15 bits per heavy atom. The van der Waals surface area contributed by atoms with Crippen molar-refractivity contribution >= 4 is 17.3 Å². The number of carbonyl (C=O) groups excluding carboxylic acids is 3. The first kappa shape index (κ1) is 29.5. The summed E-state index contributed by atoms with van der Waals surface area (Å²) in [6, 6.07) is 25.7. The van der Waals surface area contributed by atoms with Crippen molar-refractivity contribution in [1.82, 2.24) is 0 Å². The second-order valence-electron chi connectivity index (χ2n) is 12.1. The topological polar surface area (TPSA) is 69.7 Å². The highest BCUT2D eigenvalue weighted by molar-refractivity contribution is 6.17. The molecular formula is C36H36O5. The summed E-state index contributed by atoms with van der Waals surface area (Å²) in [5, 5.41) is 0. The third kappa shape index (κ3) is 7.17. The Morgan fingerprint density at radius 2 is 0.829 bits per heavy atom. The zero-order valence-electron chi connectivity index (χ0n) is 24.7. The summed E-state index contributed by atoms with van der Waals surface area (Å²) >= 11 is 0. The quantitative estimate of drug-likeness (QED) is 0.210. The molecule has 210 valence electrons. The Hall–Kier alpha value is -4.51. The maximum absolute atomic E-state index is 13.6. The van der Waals surface area contributed by atoms with Gasteiger partial charge in [0.15, 0.2) is 17.3 Å². The van der Waals surface area contributed by atoms with E-state index in [1.165, 1.54) is 0 Å². The summed E-state index contributed by atoms with van der Waals surface area (Å²) < 4.78 is 11.1. The molecule has 0 amide bonds. The summed E-state index contributed by atoms with van der Waals surface area (Å²) in [6.45, 7) is 12.2. The van der Waals surface area contributed by atoms with Crippen LogP contribution in [0, 0.1) is 0 Å². The minimum Gasteiger partial charge on any atom is -0.497 e. The number of ether oxygens (including phenoxy) is 2. The van der Waals surface area contributed by atoms with Gasteiger partial charge in [-0.1, -0.05) is 45.0 Å². The number of methoxy groups -OCH3 is 1. The molecule has 4 aromatic carbocycles. The van der Waals surface area contributed by atoms with Gasteiger partial charge in [-0.05, 0) is 98.5 Å². The molecule has 5 nitrogen and oxygen atoms in total. The Labute approximate surface area is 242 Å². The Kier molecular flexibility index (Phi) is 8.29. The average molecular weight is 549 g/mol. The molecule has 0 saturated heterocycles. The van der Waals surface area contributed by atoms with Crippen molar-refractivity contribution in [1.29, 1.82) is 0 Å². The predicted molar refractivity (Wildman–Crippen MR) is 162 cm³/mol. The van der Waals surface area contributed by atoms with Crippen LogP contribution in [0.2, 0.25) is 0 Å². The van der Waals surface area contributed by atoms with E-state index in [1.807, 2.05) is 32.9 Å². The van der Waals surface area contributed by atoms with Gasteiger partial charge in [0.25, 0.3) is 0 Å². The van der Waals surface area contributed by atoms with Crippen molar-refractivity contribution < 1.29 is 23.9 Å². The first-order valence-electron chi connectivity index (χ1n) is 13.6. The zero-order valence-corrected chi connectivity index (χ0v) is 24.7. The average Bonchev–Trinajstić information content (AvgIpc) is 2.95. The van der Waals surface area contributed by atoms with Crippen molar-refractivity contribution in [2.75, 3.05) is 7.11 Å². The number of benzene rings is 4. The van der Waals surface area contributed by atoms with Crippen molar-refractivity contribution in [2.24, 2.45) is 0 Å². The van der Waals surface area contributed by atoms with Crippen LogP contribution >= 0.6 is 0 Å². The van der Waals surface area contributed by atoms with Crippen LogP contribution in [-0.2, 0) is 5.41 Å². The van der Waals surface area contributed by atoms with E-state index in [2.05, 4.69) is 20.8 Å². The van der Waals surface area contributed by atoms with Crippen LogP contribution < -0.4 is 9.47 Å². The standard InChI is InChI=1S/C36H36O5/c1-35(2,3)29-14-8-23(9-15-29)32(37)26-20-27(33(38)24-10-16-30(40-7)17-11-24)22-28(21-26)34(39)25-12-18-31(19-13-25)41-36(4,5)6/h8-22H,1-7H3. The largest absolute Gasteiger partial charge is 0.497 e. The molecule has 41 heavy (non-hydrogen) atoms. The molecule has 0 heterocycles. The van der Waals surface area contributed by atoms with Crippen LogP contribution in [0.15, 0.2) is 91.0 Å². The molecule has 0 N–H and O–H groups in total. The SMILES string of the molecule is COc1ccc(C(=O)c2cc(C(=O)c3ccc(OC(C)(C)C)cc3)cc(C(=O)c3ccc(C(C)(C)C)cc3)c2)cc1. The van der Waals surface area contributed by atoms with Crippen LogP contribution in [0.5, 0.6) is 11.5 Å². The van der Waals surface area contributed by atoms with Crippen molar-refractivity contribution in [2.45, 2.75) is 52.6 Å². The minimum absolute atomic E-state index is 0.0562. The van der Waals surface area contributed by atoms with Crippen LogP contribution in [-0.4, -0.2) is 30.1 Å². The van der Waals surface area contributed by atoms with Crippen LogP contribution in [0.3, 0.4) is 0 Å². The van der Waals surface area contributed by atoms with E-state index in [-0.39, 0.29) is 45.1 Å². The highest BCUT2D eigenvalue weighted by atomic mass is 16.5. The normalized spacial score (nSPS) is 11.6. The van der Waals surface area contributed by atoms with Crippen LogP contribution in [0.25, 0.3) is 0 Å². The molecule has 0 aliphatic carbocycles. The van der Waals surface area contributed by atoms with Gasteiger partial charge >= 0.3 is 0 Å². The Bertz CT molecular complexity index is 1560. The number of ketones is 3. The molecule has 0 aromatic heterocycles. The zero-order chi connectivity index (χ0) is 29.9. The maximum atomic E-state index is 13.6. The van der Waals surface area contributed by atoms with E-state index >= 15 is 0 Å². The molecule has 0 spiro atoms. The van der Waals surface area contributed by atoms with Crippen LogP contribution in [0.1, 0.15) is 94.9 Å². The second kappa shape index (κ2) is 11.5. The van der Waals surface area contributed by atoms with Gasteiger partial charge in [0.2, 0.25) is 0 Å². The van der Waals surface area contributed by atoms with E-state index in [0.29, 0.717) is 28.2 Å². The van der Waals surface area contributed by atoms with Crippen molar-refractivity contribution in [3.63, 3.8) is 0 Å². The molecular weight excluding hydrogens is 512 g/mol. The second-order valence-corrected chi connectivity index (χ2v) is 12.1. The Balaban J connectivity index is 1.75. The summed E-state index contributed by atoms with van der Waals surface area (Å²) in [5.41, 5.74) is 2.78. The molecule has 0 atom stereocenters. The summed E-state index contributed by atoms with van der Waals surface area (Å²) in [7, 11) is 1.56. The molecule has 0 aliphatic rings. The first-order chi connectivity index (χ1) is 19.2. The molecule has 5 heteroatoms. The minimum atomic E-state index is -0.373. The lowest BCUT2D eigenvalue weighted by molar-refractivity contribution is 0.103. The lowest BCUT2D eigenvalue weighted by Gasteiger charge is -2.21. The number of rotatable bonds is 8. The molecule has 0 saturated carbocycles. The predicted octanol–water partition coefficient (Wildman–Crippen LogP) is 7.86. The number of hydrogen-bond donors (Lipinski definition) is 0. The molecule has 0 aliphatic heterocycles. The maximum Gasteiger partial charge on any atom is 0.193 e. The molecule has 4 rings (SSSR count). The van der Waals surface area contributed by atoms with Crippen LogP contribution in [0.4, 0.5) is 0 Å². The monoisotopic (exact) mass is 548 g/mol. The summed E-state index contributed by atoms with van der Waals surface area (Å²) in [6.07, 6.45) is 0. The van der Waals surface area contributed by atoms with Gasteiger partial charge in [-0.15, -0.1) is 0 Å². The molecule has 0 fully saturated rings. The first-order valence-corrected chi connectivity index (χ1v) is 13.6. The third-order valence-corrected chi connectivity index (χ3v) is 6.63. The van der Waals surface area contributed by atoms with E-state index in [0.717, 1.165) is 5.56 Å². The van der Waals surface area contributed by atoms with Gasteiger partial charge in [0.05, 0.1) is 7.11 Å². The fourth-order valence-electron chi connectivity index (χ4n) is 4.41. The highest BCUT2D eigenvalue weighted by Crippen LogP contribution is 2.26. The van der Waals surface area contributed by atoms with E-state index < -0.39 is 0 Å². The van der Waals surface area contributed by atoms with E-state index in [1.54, 1.807) is 86.0 Å². The fourth-order valence-corrected chi connectivity index (χ4v) is 4.41. The Morgan fingerprint density at radius 1 is 0.488 bits per heavy atom. The van der Waals surface area contributed by atoms with Gasteiger partial charge in [-0.25, -0.2) is 0 Å². The smallest absolute Gasteiger partial charge is 0.193 e. The third-order valence-electron chi connectivity index (χ3n) is 6.63. The lowest BCUT2D eigenvalue weighted by atomic mass is 9.86. The number of carbonyl (C=O) groups is 3. The fraction of sp³-hybridized carbons (Fsp3) is 0.250. The summed E-state index contributed by atoms with van der Waals surface area (Å²) in [4.78, 5) is 40.8. The van der Waals surface area contributed by atoms with Crippen molar-refractivity contribution in [3.8, 4) is 11.5 Å². The highest BCUT2D eigenvalue weighted by Gasteiger charge is 2.21. The summed E-state index contributed by atoms with van der Waals surface area (Å²) in [5.74, 6) is 0.408. The van der Waals surface area contributed by atoms with Gasteiger partial charge in [-0.3, -0.25) is 14.4 Å². The number of hydrogen-bond acceptors (Lipinski definition) is 5. The van der Waals surface area contributed by atoms with Gasteiger partial charge < -0.3 is 9.47 Å². The van der Waals surface area contributed by atoms with E-state index in [4.69, 9.17) is 9.47 Å². The molecule has 0 bridgehead atoms. The molecule has 0 radical (unpaired) electrons. The van der Waals surface area contributed by atoms with Crippen molar-refractivity contribution in [3.05, 3.63) is 130 Å².